The van der Waals surface area contributed by atoms with Crippen molar-refractivity contribution >= 4 is 5.91 Å². The van der Waals surface area contributed by atoms with E-state index in [2.05, 4.69) is 35.6 Å². The summed E-state index contributed by atoms with van der Waals surface area (Å²) in [6, 6.07) is 8.33. The lowest BCUT2D eigenvalue weighted by atomic mass is 10.0. The summed E-state index contributed by atoms with van der Waals surface area (Å²) in [6.07, 6.45) is 5.93. The van der Waals surface area contributed by atoms with E-state index in [4.69, 9.17) is 6.42 Å². The molecule has 0 bridgehead atoms. The van der Waals surface area contributed by atoms with Crippen LogP contribution in [-0.4, -0.2) is 25.0 Å². The van der Waals surface area contributed by atoms with Gasteiger partial charge in [-0.3, -0.25) is 10.1 Å². The summed E-state index contributed by atoms with van der Waals surface area (Å²) >= 11 is 0. The molecule has 2 N–H and O–H groups in total. The minimum absolute atomic E-state index is 0.0219. The van der Waals surface area contributed by atoms with Gasteiger partial charge in [0.15, 0.2) is 0 Å². The Morgan fingerprint density at radius 2 is 2.17 bits per heavy atom. The highest BCUT2D eigenvalue weighted by atomic mass is 16.1. The van der Waals surface area contributed by atoms with Crippen molar-refractivity contribution in [3.8, 4) is 12.3 Å². The second-order valence-electron chi connectivity index (χ2n) is 4.41. The number of carbonyl (C=O) groups is 1. The zero-order valence-corrected chi connectivity index (χ0v) is 11.0. The second kappa shape index (κ2) is 7.52. The average Bonchev–Trinajstić information content (AvgIpc) is 2.32. The van der Waals surface area contributed by atoms with Crippen molar-refractivity contribution in [3.05, 3.63) is 35.4 Å². The van der Waals surface area contributed by atoms with Gasteiger partial charge in [0.05, 0.1) is 13.1 Å². The van der Waals surface area contributed by atoms with Gasteiger partial charge in [-0.15, -0.1) is 6.42 Å². The highest BCUT2D eigenvalue weighted by Crippen LogP contribution is 2.09. The first-order valence-corrected chi connectivity index (χ1v) is 6.11. The predicted octanol–water partition coefficient (Wildman–Crippen LogP) is 1.27. The van der Waals surface area contributed by atoms with Gasteiger partial charge in [-0.05, 0) is 31.4 Å². The Hall–Kier alpha value is -1.79. The molecule has 0 fully saturated rings. The summed E-state index contributed by atoms with van der Waals surface area (Å²) in [5, 5.41) is 5.81. The molecule has 1 amide bonds. The first-order chi connectivity index (χ1) is 8.63. The molecule has 0 saturated carbocycles. The van der Waals surface area contributed by atoms with Crippen molar-refractivity contribution < 1.29 is 4.79 Å². The quantitative estimate of drug-likeness (QED) is 0.584. The zero-order chi connectivity index (χ0) is 13.4. The van der Waals surface area contributed by atoms with Crippen LogP contribution in [0.2, 0.25) is 0 Å². The summed E-state index contributed by atoms with van der Waals surface area (Å²) in [5.74, 6) is 2.41. The largest absolute Gasteiger partial charge is 0.352 e. The summed E-state index contributed by atoms with van der Waals surface area (Å²) in [7, 11) is 0. The lowest BCUT2D eigenvalue weighted by Crippen LogP contribution is -2.40. The molecule has 1 unspecified atom stereocenters. The highest BCUT2D eigenvalue weighted by Gasteiger charge is 2.08. The van der Waals surface area contributed by atoms with E-state index < -0.39 is 0 Å². The molecule has 96 valence electrons. The SMILES string of the molecule is C#CCNCC(=O)NC(C)Cc1ccccc1C. The van der Waals surface area contributed by atoms with Crippen LogP contribution in [0.1, 0.15) is 18.1 Å². The number of terminal acetylenes is 1. The van der Waals surface area contributed by atoms with Crippen LogP contribution >= 0.6 is 0 Å². The maximum atomic E-state index is 11.6. The Labute approximate surface area is 109 Å². The molecule has 1 aromatic rings. The van der Waals surface area contributed by atoms with Gasteiger partial charge in [-0.1, -0.05) is 30.2 Å². The molecule has 3 heteroatoms. The molecule has 0 heterocycles. The van der Waals surface area contributed by atoms with Crippen molar-refractivity contribution in [1.29, 1.82) is 0 Å². The van der Waals surface area contributed by atoms with Crippen LogP contribution in [0.5, 0.6) is 0 Å². The summed E-state index contributed by atoms with van der Waals surface area (Å²) in [4.78, 5) is 11.6. The normalized spacial score (nSPS) is 11.6. The Kier molecular flexibility index (Phi) is 5.96. The fourth-order valence-electron chi connectivity index (χ4n) is 1.79. The van der Waals surface area contributed by atoms with Crippen molar-refractivity contribution in [3.63, 3.8) is 0 Å². The van der Waals surface area contributed by atoms with Crippen LogP contribution in [0, 0.1) is 19.3 Å². The summed E-state index contributed by atoms with van der Waals surface area (Å²) in [6.45, 7) is 4.77. The van der Waals surface area contributed by atoms with Gasteiger partial charge < -0.3 is 5.32 Å². The number of nitrogens with one attached hydrogen (secondary N) is 2. The lowest BCUT2D eigenvalue weighted by Gasteiger charge is -2.15. The number of carbonyl (C=O) groups excluding carboxylic acids is 1. The van der Waals surface area contributed by atoms with Gasteiger partial charge in [0.25, 0.3) is 0 Å². The molecular formula is C15H20N2O. The molecule has 0 spiro atoms. The number of hydrogen-bond donors (Lipinski definition) is 2. The third-order valence-electron chi connectivity index (χ3n) is 2.71. The molecule has 0 radical (unpaired) electrons. The summed E-state index contributed by atoms with van der Waals surface area (Å²) < 4.78 is 0. The molecule has 18 heavy (non-hydrogen) atoms. The summed E-state index contributed by atoms with van der Waals surface area (Å²) in [5.41, 5.74) is 2.52. The first-order valence-electron chi connectivity index (χ1n) is 6.11. The maximum absolute atomic E-state index is 11.6. The van der Waals surface area contributed by atoms with Gasteiger partial charge in [0.1, 0.15) is 0 Å². The molecular weight excluding hydrogens is 224 g/mol. The number of hydrogen-bond acceptors (Lipinski definition) is 2. The Bertz CT molecular complexity index is 434. The fourth-order valence-corrected chi connectivity index (χ4v) is 1.79. The molecule has 1 rings (SSSR count). The molecule has 1 atom stereocenters. The van der Waals surface area contributed by atoms with Crippen molar-refractivity contribution in [2.45, 2.75) is 26.3 Å². The highest BCUT2D eigenvalue weighted by molar-refractivity contribution is 5.78. The van der Waals surface area contributed by atoms with Crippen molar-refractivity contribution in [2.75, 3.05) is 13.1 Å². The van der Waals surface area contributed by atoms with Crippen LogP contribution in [0.4, 0.5) is 0 Å². The first kappa shape index (κ1) is 14.3. The third kappa shape index (κ3) is 5.03. The van der Waals surface area contributed by atoms with E-state index in [1.54, 1.807) is 0 Å². The monoisotopic (exact) mass is 244 g/mol. The van der Waals surface area contributed by atoms with Crippen LogP contribution in [0.3, 0.4) is 0 Å². The van der Waals surface area contributed by atoms with E-state index in [1.165, 1.54) is 11.1 Å². The smallest absolute Gasteiger partial charge is 0.234 e. The number of aryl methyl sites for hydroxylation is 1. The minimum Gasteiger partial charge on any atom is -0.352 e. The van der Waals surface area contributed by atoms with E-state index in [-0.39, 0.29) is 18.5 Å². The third-order valence-corrected chi connectivity index (χ3v) is 2.71. The van der Waals surface area contributed by atoms with Gasteiger partial charge in [-0.2, -0.15) is 0 Å². The topological polar surface area (TPSA) is 41.1 Å². The van der Waals surface area contributed by atoms with E-state index in [1.807, 2.05) is 19.1 Å². The number of amides is 1. The van der Waals surface area contributed by atoms with Gasteiger partial charge >= 0.3 is 0 Å². The van der Waals surface area contributed by atoms with E-state index in [9.17, 15) is 4.79 Å². The standard InChI is InChI=1S/C15H20N2O/c1-4-9-16-11-15(18)17-13(3)10-14-8-6-5-7-12(14)2/h1,5-8,13,16H,9-11H2,2-3H3,(H,17,18). The van der Waals surface area contributed by atoms with Crippen LogP contribution < -0.4 is 10.6 Å². The van der Waals surface area contributed by atoms with Gasteiger partial charge in [0.2, 0.25) is 5.91 Å². The van der Waals surface area contributed by atoms with E-state index in [0.29, 0.717) is 6.54 Å². The lowest BCUT2D eigenvalue weighted by molar-refractivity contribution is -0.120. The van der Waals surface area contributed by atoms with Gasteiger partial charge in [0, 0.05) is 6.04 Å². The number of rotatable bonds is 6. The maximum Gasteiger partial charge on any atom is 0.234 e. The molecule has 0 saturated heterocycles. The van der Waals surface area contributed by atoms with Crippen LogP contribution in [-0.2, 0) is 11.2 Å². The fraction of sp³-hybridized carbons (Fsp3) is 0.400. The molecule has 0 aliphatic carbocycles. The van der Waals surface area contributed by atoms with E-state index in [0.717, 1.165) is 6.42 Å². The molecule has 3 nitrogen and oxygen atoms in total. The number of benzene rings is 1. The Morgan fingerprint density at radius 3 is 2.83 bits per heavy atom. The second-order valence-corrected chi connectivity index (χ2v) is 4.41. The Balaban J connectivity index is 2.38. The zero-order valence-electron chi connectivity index (χ0n) is 11.0. The van der Waals surface area contributed by atoms with Crippen LogP contribution in [0.15, 0.2) is 24.3 Å². The molecule has 0 aromatic heterocycles. The predicted molar refractivity (Wildman–Crippen MR) is 74.2 cm³/mol. The van der Waals surface area contributed by atoms with Crippen molar-refractivity contribution in [2.24, 2.45) is 0 Å². The molecule has 0 aliphatic heterocycles. The minimum atomic E-state index is -0.0219. The van der Waals surface area contributed by atoms with Crippen LogP contribution in [0.25, 0.3) is 0 Å². The van der Waals surface area contributed by atoms with E-state index >= 15 is 0 Å². The molecule has 1 aromatic carbocycles. The van der Waals surface area contributed by atoms with Gasteiger partial charge in [-0.25, -0.2) is 0 Å². The Morgan fingerprint density at radius 1 is 1.44 bits per heavy atom. The average molecular weight is 244 g/mol. The molecule has 0 aliphatic rings. The van der Waals surface area contributed by atoms with Crippen molar-refractivity contribution in [1.82, 2.24) is 10.6 Å².